The zero-order valence-electron chi connectivity index (χ0n) is 20.1. The van der Waals surface area contributed by atoms with E-state index in [2.05, 4.69) is 13.2 Å². The Kier molecular flexibility index (Phi) is 6.61. The van der Waals surface area contributed by atoms with Crippen molar-refractivity contribution in [3.63, 3.8) is 0 Å². The Bertz CT molecular complexity index is 1580. The molecule has 0 radical (unpaired) electrons. The van der Waals surface area contributed by atoms with E-state index in [0.717, 1.165) is 0 Å². The second-order valence-electron chi connectivity index (χ2n) is 8.54. The second kappa shape index (κ2) is 9.60. The summed E-state index contributed by atoms with van der Waals surface area (Å²) in [6, 6.07) is 0. The van der Waals surface area contributed by atoms with Crippen molar-refractivity contribution in [2.24, 2.45) is 0 Å². The summed E-state index contributed by atoms with van der Waals surface area (Å²) in [5.41, 5.74) is -1.58. The molecular formula is C27H23BO11. The molecule has 0 amide bonds. The third-order valence-corrected chi connectivity index (χ3v) is 6.53. The quantitative estimate of drug-likeness (QED) is 0.130. The predicted octanol–water partition coefficient (Wildman–Crippen LogP) is 2.46. The Balaban J connectivity index is 2.21. The van der Waals surface area contributed by atoms with Crippen LogP contribution < -0.4 is 5.46 Å². The van der Waals surface area contributed by atoms with Gasteiger partial charge in [0.25, 0.3) is 0 Å². The summed E-state index contributed by atoms with van der Waals surface area (Å²) >= 11 is 0. The molecule has 0 unspecified atom stereocenters. The van der Waals surface area contributed by atoms with E-state index < -0.39 is 75.6 Å². The average Bonchev–Trinajstić information content (AvgIpc) is 3.16. The molecule has 0 aromatic heterocycles. The summed E-state index contributed by atoms with van der Waals surface area (Å²) in [5.74, 6) is -11.1. The maximum Gasteiger partial charge on any atom is 0.489 e. The van der Waals surface area contributed by atoms with Crippen LogP contribution in [0.3, 0.4) is 0 Å². The summed E-state index contributed by atoms with van der Waals surface area (Å²) in [6.07, 6.45) is 9.27. The molecule has 3 aromatic carbocycles. The molecule has 0 bridgehead atoms. The summed E-state index contributed by atoms with van der Waals surface area (Å²) in [5, 5.41) is 115. The monoisotopic (exact) mass is 534 g/mol. The molecule has 11 nitrogen and oxygen atoms in total. The van der Waals surface area contributed by atoms with Gasteiger partial charge >= 0.3 is 7.12 Å². The highest BCUT2D eigenvalue weighted by Crippen LogP contribution is 2.63. The number of phenols is 9. The summed E-state index contributed by atoms with van der Waals surface area (Å²) in [4.78, 5) is 0. The van der Waals surface area contributed by atoms with Crippen LogP contribution in [-0.4, -0.2) is 63.1 Å². The van der Waals surface area contributed by atoms with Crippen LogP contribution in [0.15, 0.2) is 31.4 Å². The van der Waals surface area contributed by atoms with Crippen LogP contribution in [0.1, 0.15) is 22.3 Å². The van der Waals surface area contributed by atoms with E-state index in [-0.39, 0.29) is 34.1 Å². The first-order chi connectivity index (χ1) is 18.4. The van der Waals surface area contributed by atoms with Gasteiger partial charge in [-0.2, -0.15) is 0 Å². The highest BCUT2D eigenvalue weighted by molar-refractivity contribution is 6.60. The summed E-state index contributed by atoms with van der Waals surface area (Å²) < 4.78 is 0. The zero-order chi connectivity index (χ0) is 28.9. The molecule has 0 atom stereocenters. The molecule has 1 aliphatic rings. The van der Waals surface area contributed by atoms with Gasteiger partial charge in [-0.25, -0.2) is 0 Å². The van der Waals surface area contributed by atoms with Crippen molar-refractivity contribution in [2.75, 3.05) is 0 Å². The third-order valence-electron chi connectivity index (χ3n) is 6.53. The number of aromatic hydroxyl groups is 9. The lowest BCUT2D eigenvalue weighted by molar-refractivity contribution is 0.329. The SMILES string of the molecule is C=Cc1c(C=C)c(-c2c(O)c(O)c(-c3c(O)c(O)c(O)c(O)c3O)c(O)c2O)c2c(c1B(O)O)CC=CC=C2. The van der Waals surface area contributed by atoms with E-state index in [4.69, 9.17) is 0 Å². The lowest BCUT2D eigenvalue weighted by Gasteiger charge is -2.25. The Morgan fingerprint density at radius 1 is 0.564 bits per heavy atom. The highest BCUT2D eigenvalue weighted by atomic mass is 16.4. The molecule has 0 spiro atoms. The number of fused-ring (bicyclic) bond motifs is 1. The minimum atomic E-state index is -1.95. The van der Waals surface area contributed by atoms with Gasteiger partial charge in [0.2, 0.25) is 17.2 Å². The molecular weight excluding hydrogens is 511 g/mol. The van der Waals surface area contributed by atoms with Crippen LogP contribution in [0.4, 0.5) is 0 Å². The van der Waals surface area contributed by atoms with Crippen molar-refractivity contribution in [3.8, 4) is 74.0 Å². The normalized spacial score (nSPS) is 12.2. The molecule has 11 N–H and O–H groups in total. The second-order valence-corrected chi connectivity index (χ2v) is 8.54. The molecule has 39 heavy (non-hydrogen) atoms. The minimum Gasteiger partial charge on any atom is -0.504 e. The number of hydrogen-bond donors (Lipinski definition) is 11. The van der Waals surface area contributed by atoms with Crippen LogP contribution in [0.2, 0.25) is 0 Å². The maximum absolute atomic E-state index is 11.1. The standard InChI is InChI=1S/C27H23BO11/c1-3-10-11(4-2)18(28(38)39)13-9-7-5-6-8-12(13)14(10)15-19(29)21(31)16(22(32)20(15)30)17-23(33)25(35)27(37)26(36)24(17)34/h3-8,29-39H,1-2,9H2. The van der Waals surface area contributed by atoms with Crippen molar-refractivity contribution in [1.29, 1.82) is 0 Å². The average molecular weight is 534 g/mol. The van der Waals surface area contributed by atoms with Gasteiger partial charge in [-0.15, -0.1) is 0 Å². The molecule has 200 valence electrons. The van der Waals surface area contributed by atoms with Gasteiger partial charge in [-0.3, -0.25) is 0 Å². The van der Waals surface area contributed by atoms with E-state index in [1.165, 1.54) is 18.2 Å². The van der Waals surface area contributed by atoms with Crippen LogP contribution in [0.5, 0.6) is 51.7 Å². The zero-order valence-corrected chi connectivity index (χ0v) is 20.1. The first-order valence-electron chi connectivity index (χ1n) is 11.3. The number of phenolic OH excluding ortho intramolecular Hbond substituents is 9. The Morgan fingerprint density at radius 2 is 0.974 bits per heavy atom. The molecule has 1 aliphatic carbocycles. The number of allylic oxidation sites excluding steroid dienone is 3. The lowest BCUT2D eigenvalue weighted by atomic mass is 9.68. The van der Waals surface area contributed by atoms with E-state index in [1.807, 2.05) is 0 Å². The van der Waals surface area contributed by atoms with Crippen molar-refractivity contribution in [1.82, 2.24) is 0 Å². The Labute approximate surface area is 221 Å². The molecule has 3 aromatic rings. The number of rotatable bonds is 5. The lowest BCUT2D eigenvalue weighted by Crippen LogP contribution is -2.37. The van der Waals surface area contributed by atoms with E-state index >= 15 is 0 Å². The molecule has 0 fully saturated rings. The van der Waals surface area contributed by atoms with Gasteiger partial charge in [0.15, 0.2) is 34.5 Å². The number of hydrogen-bond acceptors (Lipinski definition) is 11. The van der Waals surface area contributed by atoms with E-state index in [1.54, 1.807) is 18.2 Å². The number of benzene rings is 3. The fraction of sp³-hybridized carbons (Fsp3) is 0.0370. The topological polar surface area (TPSA) is 223 Å². The molecule has 0 saturated heterocycles. The first-order valence-corrected chi connectivity index (χ1v) is 11.3. The van der Waals surface area contributed by atoms with Crippen molar-refractivity contribution < 1.29 is 56.0 Å². The van der Waals surface area contributed by atoms with E-state index in [0.29, 0.717) is 5.56 Å². The van der Waals surface area contributed by atoms with Gasteiger partial charge in [0, 0.05) is 5.56 Å². The minimum absolute atomic E-state index is 0.00348. The Morgan fingerprint density at radius 3 is 1.41 bits per heavy atom. The Hall–Kier alpha value is -5.20. The van der Waals surface area contributed by atoms with Gasteiger partial charge in [-0.1, -0.05) is 49.6 Å². The van der Waals surface area contributed by atoms with Crippen molar-refractivity contribution >= 4 is 30.8 Å². The van der Waals surface area contributed by atoms with Crippen LogP contribution in [0, 0.1) is 0 Å². The fourth-order valence-corrected chi connectivity index (χ4v) is 4.79. The maximum atomic E-state index is 11.1. The molecule has 0 aliphatic heterocycles. The smallest absolute Gasteiger partial charge is 0.489 e. The summed E-state index contributed by atoms with van der Waals surface area (Å²) in [6.45, 7) is 7.45. The largest absolute Gasteiger partial charge is 0.504 e. The van der Waals surface area contributed by atoms with Crippen LogP contribution >= 0.6 is 0 Å². The van der Waals surface area contributed by atoms with Crippen LogP contribution in [-0.2, 0) is 6.42 Å². The molecule has 12 heteroatoms. The highest BCUT2D eigenvalue weighted by Gasteiger charge is 2.35. The van der Waals surface area contributed by atoms with Gasteiger partial charge in [-0.05, 0) is 34.1 Å². The first kappa shape index (κ1) is 26.9. The van der Waals surface area contributed by atoms with Crippen LogP contribution in [0.25, 0.3) is 40.5 Å². The molecule has 0 saturated carbocycles. The van der Waals surface area contributed by atoms with Gasteiger partial charge in [0.05, 0.1) is 16.7 Å². The van der Waals surface area contributed by atoms with Gasteiger partial charge in [0.1, 0.15) is 0 Å². The molecule has 4 rings (SSSR count). The fourth-order valence-electron chi connectivity index (χ4n) is 4.79. The third kappa shape index (κ3) is 3.78. The van der Waals surface area contributed by atoms with Gasteiger partial charge < -0.3 is 56.0 Å². The molecule has 0 heterocycles. The van der Waals surface area contributed by atoms with Crippen molar-refractivity contribution in [2.45, 2.75) is 6.42 Å². The van der Waals surface area contributed by atoms with Crippen molar-refractivity contribution in [3.05, 3.63) is 53.6 Å². The summed E-state index contributed by atoms with van der Waals surface area (Å²) in [7, 11) is -1.95. The van der Waals surface area contributed by atoms with E-state index in [9.17, 15) is 56.0 Å². The predicted molar refractivity (Wildman–Crippen MR) is 144 cm³/mol.